The first kappa shape index (κ1) is 15.3. The third-order valence-electron chi connectivity index (χ3n) is 4.07. The number of benzene rings is 1. The highest BCUT2D eigenvalue weighted by Gasteiger charge is 2.24. The summed E-state index contributed by atoms with van der Waals surface area (Å²) in [7, 11) is 0. The molecule has 2 aliphatic rings. The Bertz CT molecular complexity index is 551. The zero-order valence-electron chi connectivity index (χ0n) is 13.5. The Morgan fingerprint density at radius 3 is 2.68 bits per heavy atom. The van der Waals surface area contributed by atoms with Crippen molar-refractivity contribution in [2.45, 2.75) is 39.1 Å². The average Bonchev–Trinajstić information content (AvgIpc) is 2.45. The molecule has 2 heterocycles. The number of nitrogens with one attached hydrogen (secondary N) is 1. The van der Waals surface area contributed by atoms with E-state index in [1.54, 1.807) is 0 Å². The molecule has 0 aromatic heterocycles. The lowest BCUT2D eigenvalue weighted by molar-refractivity contribution is -0.0652. The van der Waals surface area contributed by atoms with E-state index in [4.69, 9.17) is 9.47 Å². The maximum atomic E-state index is 12.5. The fourth-order valence-electron chi connectivity index (χ4n) is 3.16. The topological polar surface area (TPSA) is 50.8 Å². The van der Waals surface area contributed by atoms with Gasteiger partial charge in [-0.2, -0.15) is 0 Å². The minimum atomic E-state index is 0.143. The van der Waals surface area contributed by atoms with Crippen molar-refractivity contribution < 1.29 is 14.3 Å². The van der Waals surface area contributed by atoms with Crippen LogP contribution in [0, 0.1) is 0 Å². The van der Waals surface area contributed by atoms with Crippen LogP contribution in [0.1, 0.15) is 31.1 Å². The van der Waals surface area contributed by atoms with Gasteiger partial charge in [-0.1, -0.05) is 0 Å². The van der Waals surface area contributed by atoms with Crippen molar-refractivity contribution in [1.29, 1.82) is 0 Å². The number of fused-ring (bicyclic) bond motifs is 1. The van der Waals surface area contributed by atoms with Crippen molar-refractivity contribution in [2.24, 2.45) is 0 Å². The number of carbonyl (C=O) groups excluding carboxylic acids is 1. The highest BCUT2D eigenvalue weighted by atomic mass is 16.5. The minimum absolute atomic E-state index is 0.143. The molecule has 0 radical (unpaired) electrons. The lowest BCUT2D eigenvalue weighted by Crippen LogP contribution is -2.47. The van der Waals surface area contributed by atoms with Gasteiger partial charge >= 0.3 is 0 Å². The highest BCUT2D eigenvalue weighted by Crippen LogP contribution is 2.30. The maximum absolute atomic E-state index is 12.5. The molecule has 1 N–H and O–H groups in total. The van der Waals surface area contributed by atoms with Gasteiger partial charge in [0.1, 0.15) is 11.9 Å². The molecule has 3 atom stereocenters. The number of rotatable bonds is 3. The Kier molecular flexibility index (Phi) is 4.36. The van der Waals surface area contributed by atoms with E-state index in [9.17, 15) is 4.79 Å². The normalized spacial score (nSPS) is 28.4. The van der Waals surface area contributed by atoms with E-state index >= 15 is 0 Å². The van der Waals surface area contributed by atoms with E-state index in [0.29, 0.717) is 6.54 Å². The summed E-state index contributed by atoms with van der Waals surface area (Å²) < 4.78 is 11.5. The number of nitrogens with zero attached hydrogens (tertiary/aromatic N) is 1. The summed E-state index contributed by atoms with van der Waals surface area (Å²) in [6.07, 6.45) is 0.513. The van der Waals surface area contributed by atoms with Crippen molar-refractivity contribution in [3.8, 4) is 5.75 Å². The molecule has 0 saturated carbocycles. The summed E-state index contributed by atoms with van der Waals surface area (Å²) in [6.45, 7) is 8.94. The molecule has 3 rings (SSSR count). The van der Waals surface area contributed by atoms with Crippen LogP contribution in [0.5, 0.6) is 5.75 Å². The third kappa shape index (κ3) is 3.42. The number of ether oxygens (including phenoxy) is 2. The number of carbonyl (C=O) groups is 1. The van der Waals surface area contributed by atoms with Gasteiger partial charge in [-0.3, -0.25) is 9.69 Å². The SMILES string of the molecule is CC1CNc2cc(C(=O)CN3CC(C)OC(C)C3)ccc2O1. The lowest BCUT2D eigenvalue weighted by atomic mass is 10.1. The quantitative estimate of drug-likeness (QED) is 0.867. The van der Waals surface area contributed by atoms with Gasteiger partial charge in [0.25, 0.3) is 0 Å². The predicted molar refractivity (Wildman–Crippen MR) is 85.8 cm³/mol. The van der Waals surface area contributed by atoms with Crippen molar-refractivity contribution in [2.75, 3.05) is 31.5 Å². The predicted octanol–water partition coefficient (Wildman–Crippen LogP) is 2.17. The van der Waals surface area contributed by atoms with Gasteiger partial charge in [0.2, 0.25) is 0 Å². The molecule has 5 nitrogen and oxygen atoms in total. The third-order valence-corrected chi connectivity index (χ3v) is 4.07. The second-order valence-electron chi connectivity index (χ2n) is 6.39. The summed E-state index contributed by atoms with van der Waals surface area (Å²) in [5.74, 6) is 0.966. The van der Waals surface area contributed by atoms with E-state index in [1.165, 1.54) is 0 Å². The second-order valence-corrected chi connectivity index (χ2v) is 6.39. The maximum Gasteiger partial charge on any atom is 0.176 e. The fourth-order valence-corrected chi connectivity index (χ4v) is 3.16. The van der Waals surface area contributed by atoms with Crippen LogP contribution in [0.2, 0.25) is 0 Å². The van der Waals surface area contributed by atoms with Crippen LogP contribution in [-0.2, 0) is 4.74 Å². The van der Waals surface area contributed by atoms with Gasteiger partial charge in [0, 0.05) is 18.7 Å². The van der Waals surface area contributed by atoms with E-state index in [-0.39, 0.29) is 24.1 Å². The monoisotopic (exact) mass is 304 g/mol. The van der Waals surface area contributed by atoms with E-state index in [0.717, 1.165) is 36.6 Å². The Morgan fingerprint density at radius 1 is 1.23 bits per heavy atom. The summed E-state index contributed by atoms with van der Waals surface area (Å²) in [5, 5.41) is 3.31. The first-order valence-corrected chi connectivity index (χ1v) is 7.97. The van der Waals surface area contributed by atoms with E-state index in [2.05, 4.69) is 24.1 Å². The standard InChI is InChI=1S/C17H24N2O3/c1-11-7-18-15-6-14(4-5-17(15)22-11)16(20)10-19-8-12(2)21-13(3)9-19/h4-6,11-13,18H,7-10H2,1-3H3. The Morgan fingerprint density at radius 2 is 1.95 bits per heavy atom. The molecule has 1 fully saturated rings. The van der Waals surface area contributed by atoms with Crippen LogP contribution in [0.15, 0.2) is 18.2 Å². The summed E-state index contributed by atoms with van der Waals surface area (Å²) in [4.78, 5) is 14.7. The Hall–Kier alpha value is -1.59. The van der Waals surface area contributed by atoms with Gasteiger partial charge in [-0.15, -0.1) is 0 Å². The molecule has 0 aliphatic carbocycles. The van der Waals surface area contributed by atoms with Gasteiger partial charge in [0.15, 0.2) is 5.78 Å². The van der Waals surface area contributed by atoms with Crippen LogP contribution in [0.3, 0.4) is 0 Å². The number of hydrogen-bond acceptors (Lipinski definition) is 5. The zero-order chi connectivity index (χ0) is 15.7. The Balaban J connectivity index is 1.67. The number of hydrogen-bond donors (Lipinski definition) is 1. The number of Topliss-reactive ketones (excluding diaryl/α,β-unsaturated/α-hetero) is 1. The van der Waals surface area contributed by atoms with Gasteiger partial charge in [-0.25, -0.2) is 0 Å². The molecule has 1 aromatic carbocycles. The first-order valence-electron chi connectivity index (χ1n) is 7.97. The first-order chi connectivity index (χ1) is 10.5. The number of morpholine rings is 1. The largest absolute Gasteiger partial charge is 0.487 e. The summed E-state index contributed by atoms with van der Waals surface area (Å²) in [6, 6.07) is 5.64. The summed E-state index contributed by atoms with van der Waals surface area (Å²) in [5.41, 5.74) is 1.64. The van der Waals surface area contributed by atoms with Gasteiger partial charge < -0.3 is 14.8 Å². The van der Waals surface area contributed by atoms with Crippen LogP contribution in [-0.4, -0.2) is 55.2 Å². The van der Waals surface area contributed by atoms with Crippen LogP contribution >= 0.6 is 0 Å². The zero-order valence-corrected chi connectivity index (χ0v) is 13.5. The van der Waals surface area contributed by atoms with Gasteiger partial charge in [0.05, 0.1) is 31.0 Å². The lowest BCUT2D eigenvalue weighted by Gasteiger charge is -2.34. The molecule has 0 bridgehead atoms. The molecule has 0 spiro atoms. The van der Waals surface area contributed by atoms with Crippen molar-refractivity contribution in [3.05, 3.63) is 23.8 Å². The fraction of sp³-hybridized carbons (Fsp3) is 0.588. The number of anilines is 1. The van der Waals surface area contributed by atoms with Crippen LogP contribution < -0.4 is 10.1 Å². The number of ketones is 1. The molecule has 1 aromatic rings. The van der Waals surface area contributed by atoms with Crippen LogP contribution in [0.4, 0.5) is 5.69 Å². The molecule has 1 saturated heterocycles. The van der Waals surface area contributed by atoms with Gasteiger partial charge in [-0.05, 0) is 39.0 Å². The Labute approximate surface area is 131 Å². The molecule has 2 aliphatic heterocycles. The highest BCUT2D eigenvalue weighted by molar-refractivity contribution is 5.98. The molecular weight excluding hydrogens is 280 g/mol. The van der Waals surface area contributed by atoms with Crippen molar-refractivity contribution in [1.82, 2.24) is 4.90 Å². The average molecular weight is 304 g/mol. The van der Waals surface area contributed by atoms with Crippen molar-refractivity contribution in [3.63, 3.8) is 0 Å². The molecule has 120 valence electrons. The van der Waals surface area contributed by atoms with E-state index < -0.39 is 0 Å². The van der Waals surface area contributed by atoms with Crippen molar-refractivity contribution >= 4 is 11.5 Å². The molecule has 0 amide bonds. The van der Waals surface area contributed by atoms with Crippen LogP contribution in [0.25, 0.3) is 0 Å². The van der Waals surface area contributed by atoms with E-state index in [1.807, 2.05) is 25.1 Å². The minimum Gasteiger partial charge on any atom is -0.487 e. The second kappa shape index (κ2) is 6.26. The molecule has 22 heavy (non-hydrogen) atoms. The molecule has 3 unspecified atom stereocenters. The molecular formula is C17H24N2O3. The molecule has 5 heteroatoms. The summed E-state index contributed by atoms with van der Waals surface area (Å²) >= 11 is 0. The smallest absolute Gasteiger partial charge is 0.176 e.